The molecule has 148 valence electrons. The minimum Gasteiger partial charge on any atom is -0.494 e. The molecule has 5 nitrogen and oxygen atoms in total. The van der Waals surface area contributed by atoms with E-state index in [1.54, 1.807) is 22.7 Å². The first kappa shape index (κ1) is 19.5. The lowest BCUT2D eigenvalue weighted by molar-refractivity contribution is -0.115. The van der Waals surface area contributed by atoms with E-state index in [4.69, 9.17) is 4.74 Å². The summed E-state index contributed by atoms with van der Waals surface area (Å²) < 4.78 is 5.50. The lowest BCUT2D eigenvalue weighted by Crippen LogP contribution is -2.28. The summed E-state index contributed by atoms with van der Waals surface area (Å²) in [5.41, 5.74) is 2.43. The predicted molar refractivity (Wildman–Crippen MR) is 119 cm³/mol. The highest BCUT2D eigenvalue weighted by Crippen LogP contribution is 2.44. The summed E-state index contributed by atoms with van der Waals surface area (Å²) in [6.07, 6.45) is 0. The van der Waals surface area contributed by atoms with E-state index in [-0.39, 0.29) is 17.2 Å². The molecule has 29 heavy (non-hydrogen) atoms. The second-order valence-electron chi connectivity index (χ2n) is 6.37. The third kappa shape index (κ3) is 4.16. The molecule has 2 amide bonds. The van der Waals surface area contributed by atoms with Gasteiger partial charge in [-0.25, -0.2) is 0 Å². The molecule has 2 heterocycles. The second kappa shape index (κ2) is 8.71. The summed E-state index contributed by atoms with van der Waals surface area (Å²) in [7, 11) is 0. The lowest BCUT2D eigenvalue weighted by atomic mass is 10.1. The van der Waals surface area contributed by atoms with Crippen LogP contribution in [0.4, 0.5) is 11.4 Å². The van der Waals surface area contributed by atoms with Crippen LogP contribution in [0.1, 0.15) is 27.5 Å². The zero-order chi connectivity index (χ0) is 20.2. The Balaban J connectivity index is 1.63. The molecular weight excluding hydrogens is 404 g/mol. The number of thiophene rings is 1. The van der Waals surface area contributed by atoms with E-state index < -0.39 is 0 Å². The van der Waals surface area contributed by atoms with Crippen LogP contribution in [-0.2, 0) is 4.79 Å². The fourth-order valence-corrected chi connectivity index (χ4v) is 5.05. The number of benzene rings is 2. The lowest BCUT2D eigenvalue weighted by Gasteiger charge is -2.26. The van der Waals surface area contributed by atoms with Crippen molar-refractivity contribution < 1.29 is 14.3 Å². The topological polar surface area (TPSA) is 58.6 Å². The SMILES string of the molecule is CCOc1ccc(N2C(=O)CSC2c2ccccc2NC(=O)c2cccs2)cc1. The van der Waals surface area contributed by atoms with Crippen LogP contribution in [0.5, 0.6) is 5.75 Å². The van der Waals surface area contributed by atoms with Gasteiger partial charge in [-0.1, -0.05) is 24.3 Å². The van der Waals surface area contributed by atoms with Gasteiger partial charge in [0, 0.05) is 16.9 Å². The zero-order valence-electron chi connectivity index (χ0n) is 15.8. The summed E-state index contributed by atoms with van der Waals surface area (Å²) >= 11 is 2.95. The van der Waals surface area contributed by atoms with Crippen molar-refractivity contribution in [2.45, 2.75) is 12.3 Å². The van der Waals surface area contributed by atoms with Crippen LogP contribution in [0.2, 0.25) is 0 Å². The number of rotatable bonds is 6. The van der Waals surface area contributed by atoms with Crippen molar-refractivity contribution in [1.29, 1.82) is 0 Å². The van der Waals surface area contributed by atoms with Gasteiger partial charge < -0.3 is 10.1 Å². The van der Waals surface area contributed by atoms with Gasteiger partial charge in [0.25, 0.3) is 5.91 Å². The van der Waals surface area contributed by atoms with Crippen molar-refractivity contribution in [3.63, 3.8) is 0 Å². The Labute approximate surface area is 177 Å². The van der Waals surface area contributed by atoms with Crippen LogP contribution in [0.3, 0.4) is 0 Å². The number of para-hydroxylation sites is 1. The highest BCUT2D eigenvalue weighted by Gasteiger charge is 2.35. The second-order valence-corrected chi connectivity index (χ2v) is 8.39. The standard InChI is InChI=1S/C22H20N2O3S2/c1-2-27-16-11-9-15(10-12-16)24-20(25)14-29-22(24)17-6-3-4-7-18(17)23-21(26)19-8-5-13-28-19/h3-13,22H,2,14H2,1H3,(H,23,26). The summed E-state index contributed by atoms with van der Waals surface area (Å²) in [6.45, 7) is 2.53. The minimum absolute atomic E-state index is 0.0450. The smallest absolute Gasteiger partial charge is 0.265 e. The highest BCUT2D eigenvalue weighted by molar-refractivity contribution is 8.00. The van der Waals surface area contributed by atoms with Crippen molar-refractivity contribution >= 4 is 46.3 Å². The fourth-order valence-electron chi connectivity index (χ4n) is 3.22. The molecule has 1 atom stereocenters. The number of thioether (sulfide) groups is 1. The van der Waals surface area contributed by atoms with Gasteiger partial charge in [0.2, 0.25) is 5.91 Å². The number of hydrogen-bond donors (Lipinski definition) is 1. The van der Waals surface area contributed by atoms with Gasteiger partial charge in [0.1, 0.15) is 11.1 Å². The summed E-state index contributed by atoms with van der Waals surface area (Å²) in [5, 5.41) is 4.67. The fraction of sp³-hybridized carbons (Fsp3) is 0.182. The molecule has 1 aliphatic heterocycles. The molecule has 0 aliphatic carbocycles. The Bertz CT molecular complexity index is 1000. The first-order valence-corrected chi connectivity index (χ1v) is 11.2. The van der Waals surface area contributed by atoms with Gasteiger partial charge in [0.15, 0.2) is 0 Å². The van der Waals surface area contributed by atoms with E-state index in [0.717, 1.165) is 17.0 Å². The van der Waals surface area contributed by atoms with E-state index >= 15 is 0 Å². The number of carbonyl (C=O) groups excluding carboxylic acids is 2. The summed E-state index contributed by atoms with van der Waals surface area (Å²) in [5.74, 6) is 1.07. The van der Waals surface area contributed by atoms with E-state index in [2.05, 4.69) is 5.32 Å². The van der Waals surface area contributed by atoms with Crippen LogP contribution in [-0.4, -0.2) is 24.2 Å². The molecule has 1 saturated heterocycles. The molecule has 1 N–H and O–H groups in total. The largest absolute Gasteiger partial charge is 0.494 e. The average molecular weight is 425 g/mol. The maximum Gasteiger partial charge on any atom is 0.265 e. The highest BCUT2D eigenvalue weighted by atomic mass is 32.2. The normalized spacial score (nSPS) is 16.1. The number of nitrogens with one attached hydrogen (secondary N) is 1. The summed E-state index contributed by atoms with van der Waals surface area (Å²) in [6, 6.07) is 18.8. The first-order valence-electron chi connectivity index (χ1n) is 9.27. The van der Waals surface area contributed by atoms with Gasteiger partial charge in [-0.15, -0.1) is 23.1 Å². The maximum atomic E-state index is 12.7. The number of anilines is 2. The third-order valence-corrected chi connectivity index (χ3v) is 6.58. The van der Waals surface area contributed by atoms with Crippen molar-refractivity contribution in [3.05, 3.63) is 76.5 Å². The van der Waals surface area contributed by atoms with Crippen LogP contribution in [0, 0.1) is 0 Å². The molecule has 1 aliphatic rings. The molecule has 7 heteroatoms. The number of nitrogens with zero attached hydrogens (tertiary/aromatic N) is 1. The van der Waals surface area contributed by atoms with Crippen molar-refractivity contribution in [2.75, 3.05) is 22.6 Å². The number of carbonyl (C=O) groups is 2. The molecule has 0 saturated carbocycles. The third-order valence-electron chi connectivity index (χ3n) is 4.51. The molecule has 2 aromatic carbocycles. The Morgan fingerprint density at radius 1 is 1.14 bits per heavy atom. The molecule has 1 fully saturated rings. The molecule has 0 radical (unpaired) electrons. The Kier molecular flexibility index (Phi) is 5.87. The number of amides is 2. The van der Waals surface area contributed by atoms with Crippen LogP contribution in [0.25, 0.3) is 0 Å². The van der Waals surface area contributed by atoms with Gasteiger partial charge >= 0.3 is 0 Å². The molecule has 1 unspecified atom stereocenters. The van der Waals surface area contributed by atoms with Crippen LogP contribution in [0.15, 0.2) is 66.0 Å². The predicted octanol–water partition coefficient (Wildman–Crippen LogP) is 5.18. The van der Waals surface area contributed by atoms with Gasteiger partial charge in [-0.2, -0.15) is 0 Å². The van der Waals surface area contributed by atoms with Gasteiger partial charge in [-0.05, 0) is 48.7 Å². The van der Waals surface area contributed by atoms with Crippen LogP contribution < -0.4 is 15.0 Å². The van der Waals surface area contributed by atoms with Gasteiger partial charge in [-0.3, -0.25) is 14.5 Å². The summed E-state index contributed by atoms with van der Waals surface area (Å²) in [4.78, 5) is 27.7. The zero-order valence-corrected chi connectivity index (χ0v) is 17.5. The molecule has 4 rings (SSSR count). The monoisotopic (exact) mass is 424 g/mol. The quantitative estimate of drug-likeness (QED) is 0.592. The van der Waals surface area contributed by atoms with Gasteiger partial charge in [0.05, 0.1) is 17.2 Å². The number of ether oxygens (including phenoxy) is 1. The van der Waals surface area contributed by atoms with E-state index in [1.807, 2.05) is 66.9 Å². The maximum absolute atomic E-state index is 12.7. The molecule has 0 bridgehead atoms. The minimum atomic E-state index is -0.208. The number of hydrogen-bond acceptors (Lipinski definition) is 5. The molecule has 3 aromatic rings. The first-order chi connectivity index (χ1) is 14.2. The Hall–Kier alpha value is -2.77. The molecule has 0 spiro atoms. The van der Waals surface area contributed by atoms with Crippen molar-refractivity contribution in [3.8, 4) is 5.75 Å². The van der Waals surface area contributed by atoms with E-state index in [0.29, 0.717) is 22.9 Å². The average Bonchev–Trinajstić information content (AvgIpc) is 3.40. The molecule has 1 aromatic heterocycles. The van der Waals surface area contributed by atoms with Crippen molar-refractivity contribution in [2.24, 2.45) is 0 Å². The van der Waals surface area contributed by atoms with E-state index in [1.165, 1.54) is 11.3 Å². The Morgan fingerprint density at radius 2 is 1.93 bits per heavy atom. The van der Waals surface area contributed by atoms with Crippen LogP contribution >= 0.6 is 23.1 Å². The molecular formula is C22H20N2O3S2. The Morgan fingerprint density at radius 3 is 2.66 bits per heavy atom. The van der Waals surface area contributed by atoms with E-state index in [9.17, 15) is 9.59 Å². The van der Waals surface area contributed by atoms with Crippen molar-refractivity contribution in [1.82, 2.24) is 0 Å².